The highest BCUT2D eigenvalue weighted by Crippen LogP contribution is 2.17. The molecule has 1 aromatic carbocycles. The van der Waals surface area contributed by atoms with Crippen LogP contribution in [0.2, 0.25) is 0 Å². The van der Waals surface area contributed by atoms with Gasteiger partial charge in [0.2, 0.25) is 0 Å². The van der Waals surface area contributed by atoms with Crippen molar-refractivity contribution >= 4 is 5.69 Å². The lowest BCUT2D eigenvalue weighted by molar-refractivity contribution is -0.384. The smallest absolute Gasteiger partial charge is 0.258 e. The lowest BCUT2D eigenvalue weighted by atomic mass is 10.0. The Labute approximate surface area is 91.3 Å². The maximum absolute atomic E-state index is 10.3. The molecule has 0 fully saturated rings. The minimum Gasteiger partial charge on any atom is -0.258 e. The molecular weight excluding hydrogens is 190 g/mol. The van der Waals surface area contributed by atoms with Crippen LogP contribution in [-0.2, 0) is 0 Å². The van der Waals surface area contributed by atoms with Crippen LogP contribution in [0, 0.1) is 10.1 Å². The van der Waals surface area contributed by atoms with Crippen LogP contribution in [0.15, 0.2) is 24.3 Å². The Balaban J connectivity index is 0.000000583. The molecule has 84 valence electrons. The van der Waals surface area contributed by atoms with Gasteiger partial charge in [0.05, 0.1) is 4.92 Å². The van der Waals surface area contributed by atoms with Gasteiger partial charge in [-0.25, -0.2) is 0 Å². The SMILES string of the molecule is CC(C)c1ccc([N+](=O)[O-])cc1.CCC. The van der Waals surface area contributed by atoms with E-state index < -0.39 is 0 Å². The first-order valence-electron chi connectivity index (χ1n) is 5.27. The number of non-ortho nitro benzene ring substituents is 1. The van der Waals surface area contributed by atoms with Crippen molar-refractivity contribution < 1.29 is 4.92 Å². The number of nitro benzene ring substituents is 1. The summed E-state index contributed by atoms with van der Waals surface area (Å²) < 4.78 is 0. The molecule has 0 saturated carbocycles. The molecule has 0 saturated heterocycles. The zero-order valence-electron chi connectivity index (χ0n) is 9.86. The zero-order chi connectivity index (χ0) is 11.8. The molecule has 0 aliphatic heterocycles. The van der Waals surface area contributed by atoms with Crippen molar-refractivity contribution in [1.29, 1.82) is 0 Å². The van der Waals surface area contributed by atoms with E-state index >= 15 is 0 Å². The van der Waals surface area contributed by atoms with Crippen LogP contribution in [0.5, 0.6) is 0 Å². The lowest BCUT2D eigenvalue weighted by Gasteiger charge is -2.02. The number of nitrogens with zero attached hydrogens (tertiary/aromatic N) is 1. The summed E-state index contributed by atoms with van der Waals surface area (Å²) in [5.41, 5.74) is 1.28. The van der Waals surface area contributed by atoms with Crippen LogP contribution in [0.3, 0.4) is 0 Å². The van der Waals surface area contributed by atoms with Gasteiger partial charge in [-0.05, 0) is 11.5 Å². The highest BCUT2D eigenvalue weighted by Gasteiger charge is 2.04. The van der Waals surface area contributed by atoms with Crippen LogP contribution in [-0.4, -0.2) is 4.92 Å². The van der Waals surface area contributed by atoms with E-state index in [0.717, 1.165) is 5.56 Å². The normalized spacial score (nSPS) is 9.40. The summed E-state index contributed by atoms with van der Waals surface area (Å²) in [6, 6.07) is 6.66. The zero-order valence-corrected chi connectivity index (χ0v) is 9.86. The van der Waals surface area contributed by atoms with E-state index in [1.54, 1.807) is 12.1 Å². The molecule has 0 aliphatic rings. The second kappa shape index (κ2) is 6.98. The number of rotatable bonds is 2. The van der Waals surface area contributed by atoms with Crippen molar-refractivity contribution in [3.8, 4) is 0 Å². The first-order valence-corrected chi connectivity index (χ1v) is 5.27. The van der Waals surface area contributed by atoms with E-state index in [1.807, 2.05) is 0 Å². The average Bonchev–Trinajstić information content (AvgIpc) is 2.19. The number of nitro groups is 1. The molecule has 0 heterocycles. The van der Waals surface area contributed by atoms with Crippen LogP contribution in [0.25, 0.3) is 0 Å². The van der Waals surface area contributed by atoms with Gasteiger partial charge in [-0.2, -0.15) is 0 Å². The fraction of sp³-hybridized carbons (Fsp3) is 0.500. The van der Waals surface area contributed by atoms with Crippen molar-refractivity contribution in [3.63, 3.8) is 0 Å². The Hall–Kier alpha value is -1.38. The largest absolute Gasteiger partial charge is 0.269 e. The molecule has 0 N–H and O–H groups in total. The fourth-order valence-corrected chi connectivity index (χ4v) is 0.981. The molecule has 15 heavy (non-hydrogen) atoms. The summed E-state index contributed by atoms with van der Waals surface area (Å²) in [6.45, 7) is 8.36. The van der Waals surface area contributed by atoms with Crippen molar-refractivity contribution in [3.05, 3.63) is 39.9 Å². The lowest BCUT2D eigenvalue weighted by Crippen LogP contribution is -1.90. The average molecular weight is 209 g/mol. The van der Waals surface area contributed by atoms with E-state index in [0.29, 0.717) is 5.92 Å². The topological polar surface area (TPSA) is 43.1 Å². The summed E-state index contributed by atoms with van der Waals surface area (Å²) in [6.07, 6.45) is 1.25. The molecule has 1 rings (SSSR count). The summed E-state index contributed by atoms with van der Waals surface area (Å²) in [5, 5.41) is 10.3. The van der Waals surface area contributed by atoms with E-state index in [1.165, 1.54) is 18.6 Å². The third-order valence-corrected chi connectivity index (χ3v) is 1.77. The third kappa shape index (κ3) is 5.15. The first-order chi connectivity index (χ1) is 7.02. The van der Waals surface area contributed by atoms with Gasteiger partial charge in [0.15, 0.2) is 0 Å². The van der Waals surface area contributed by atoms with Gasteiger partial charge < -0.3 is 0 Å². The van der Waals surface area contributed by atoms with Gasteiger partial charge in [0, 0.05) is 12.1 Å². The summed E-state index contributed by atoms with van der Waals surface area (Å²) >= 11 is 0. The summed E-state index contributed by atoms with van der Waals surface area (Å²) in [7, 11) is 0. The molecule has 3 nitrogen and oxygen atoms in total. The molecule has 0 radical (unpaired) electrons. The van der Waals surface area contributed by atoms with Crippen molar-refractivity contribution in [1.82, 2.24) is 0 Å². The molecule has 0 aromatic heterocycles. The van der Waals surface area contributed by atoms with Gasteiger partial charge in [0.1, 0.15) is 0 Å². The molecule has 0 amide bonds. The maximum atomic E-state index is 10.3. The number of benzene rings is 1. The van der Waals surface area contributed by atoms with Crippen molar-refractivity contribution in [2.45, 2.75) is 40.0 Å². The van der Waals surface area contributed by atoms with E-state index in [-0.39, 0.29) is 10.6 Å². The van der Waals surface area contributed by atoms with Crippen molar-refractivity contribution in [2.75, 3.05) is 0 Å². The van der Waals surface area contributed by atoms with Gasteiger partial charge in [-0.3, -0.25) is 10.1 Å². The molecule has 0 atom stereocenters. The van der Waals surface area contributed by atoms with Gasteiger partial charge in [-0.15, -0.1) is 0 Å². The Morgan fingerprint density at radius 3 is 1.87 bits per heavy atom. The van der Waals surface area contributed by atoms with Crippen LogP contribution in [0.4, 0.5) is 5.69 Å². The molecule has 0 bridgehead atoms. The molecule has 0 spiro atoms. The fourth-order valence-electron chi connectivity index (χ4n) is 0.981. The van der Waals surface area contributed by atoms with Gasteiger partial charge in [0.25, 0.3) is 5.69 Å². The third-order valence-electron chi connectivity index (χ3n) is 1.77. The molecule has 1 aromatic rings. The highest BCUT2D eigenvalue weighted by atomic mass is 16.6. The van der Waals surface area contributed by atoms with Crippen LogP contribution in [0.1, 0.15) is 45.6 Å². The Kier molecular flexibility index (Phi) is 6.34. The second-order valence-electron chi connectivity index (χ2n) is 3.71. The highest BCUT2D eigenvalue weighted by molar-refractivity contribution is 5.33. The molecule has 3 heteroatoms. The number of hydrogen-bond acceptors (Lipinski definition) is 2. The quantitative estimate of drug-likeness (QED) is 0.542. The van der Waals surface area contributed by atoms with E-state index in [4.69, 9.17) is 0 Å². The second-order valence-corrected chi connectivity index (χ2v) is 3.71. The maximum Gasteiger partial charge on any atom is 0.269 e. The Morgan fingerprint density at radius 2 is 1.60 bits per heavy atom. The first kappa shape index (κ1) is 13.6. The predicted molar refractivity (Wildman–Crippen MR) is 63.2 cm³/mol. The molecule has 0 unspecified atom stereocenters. The molecule has 0 aliphatic carbocycles. The standard InChI is InChI=1S/C9H11NO2.C3H8/c1-7(2)8-3-5-9(6-4-8)10(11)12;1-3-2/h3-7H,1-2H3;3H2,1-2H3. The summed E-state index contributed by atoms with van der Waals surface area (Å²) in [4.78, 5) is 9.90. The number of hydrogen-bond donors (Lipinski definition) is 0. The Bertz CT molecular complexity index is 291. The van der Waals surface area contributed by atoms with Gasteiger partial charge in [-0.1, -0.05) is 46.2 Å². The minimum absolute atomic E-state index is 0.152. The Morgan fingerprint density at radius 1 is 1.20 bits per heavy atom. The summed E-state index contributed by atoms with van der Waals surface area (Å²) in [5.74, 6) is 0.422. The van der Waals surface area contributed by atoms with Crippen molar-refractivity contribution in [2.24, 2.45) is 0 Å². The van der Waals surface area contributed by atoms with E-state index in [2.05, 4.69) is 27.7 Å². The monoisotopic (exact) mass is 209 g/mol. The van der Waals surface area contributed by atoms with Gasteiger partial charge >= 0.3 is 0 Å². The molecular formula is C12H19NO2. The van der Waals surface area contributed by atoms with E-state index in [9.17, 15) is 10.1 Å². The van der Waals surface area contributed by atoms with Crippen LogP contribution < -0.4 is 0 Å². The minimum atomic E-state index is -0.385. The van der Waals surface area contributed by atoms with Crippen LogP contribution >= 0.6 is 0 Å². The predicted octanol–water partition coefficient (Wildman–Crippen LogP) is 4.13.